The number of nitrogens with zero attached hydrogens (tertiary/aromatic N) is 5. The van der Waals surface area contributed by atoms with Gasteiger partial charge in [0.1, 0.15) is 18.0 Å². The molecule has 2 aromatic carbocycles. The van der Waals surface area contributed by atoms with Crippen molar-refractivity contribution in [3.63, 3.8) is 0 Å². The molecule has 2 aliphatic heterocycles. The molecule has 0 saturated carbocycles. The highest BCUT2D eigenvalue weighted by Crippen LogP contribution is 2.29. The first kappa shape index (κ1) is 19.9. The SMILES string of the molecule is Cc1ccc(N2CC(N3CCOCC3)C2)cc1Nc1ncn(-c2cc(F)cc(F)c2)n1. The Morgan fingerprint density at radius 1 is 1.00 bits per heavy atom. The predicted octanol–water partition coefficient (Wildman–Crippen LogP) is 3.12. The van der Waals surface area contributed by atoms with Crippen molar-refractivity contribution in [2.45, 2.75) is 13.0 Å². The van der Waals surface area contributed by atoms with Crippen LogP contribution >= 0.6 is 0 Å². The van der Waals surface area contributed by atoms with E-state index in [1.165, 1.54) is 23.1 Å². The van der Waals surface area contributed by atoms with E-state index >= 15 is 0 Å². The molecule has 0 amide bonds. The van der Waals surface area contributed by atoms with Crippen molar-refractivity contribution in [3.8, 4) is 5.69 Å². The number of aromatic nitrogens is 3. The predicted molar refractivity (Wildman–Crippen MR) is 114 cm³/mol. The van der Waals surface area contributed by atoms with Crippen molar-refractivity contribution in [2.75, 3.05) is 49.6 Å². The largest absolute Gasteiger partial charge is 0.379 e. The molecule has 3 heterocycles. The van der Waals surface area contributed by atoms with Crippen LogP contribution < -0.4 is 10.2 Å². The molecule has 1 aromatic heterocycles. The average Bonchev–Trinajstić information content (AvgIpc) is 3.18. The van der Waals surface area contributed by atoms with E-state index in [0.717, 1.165) is 62.4 Å². The van der Waals surface area contributed by atoms with Crippen LogP contribution in [0.1, 0.15) is 5.56 Å². The molecule has 0 spiro atoms. The molecule has 31 heavy (non-hydrogen) atoms. The summed E-state index contributed by atoms with van der Waals surface area (Å²) in [6.45, 7) is 7.65. The average molecular weight is 426 g/mol. The van der Waals surface area contributed by atoms with Gasteiger partial charge in [0, 0.05) is 49.7 Å². The molecule has 2 aliphatic rings. The number of nitrogens with one attached hydrogen (secondary N) is 1. The minimum absolute atomic E-state index is 0.276. The number of rotatable bonds is 5. The van der Waals surface area contributed by atoms with E-state index in [1.807, 2.05) is 6.92 Å². The number of anilines is 3. The highest BCUT2D eigenvalue weighted by Gasteiger charge is 2.32. The van der Waals surface area contributed by atoms with Crippen LogP contribution in [-0.2, 0) is 4.74 Å². The van der Waals surface area contributed by atoms with Gasteiger partial charge in [-0.2, -0.15) is 4.98 Å². The first-order chi connectivity index (χ1) is 15.0. The zero-order chi connectivity index (χ0) is 21.4. The van der Waals surface area contributed by atoms with Crippen LogP contribution in [0, 0.1) is 18.6 Å². The Bertz CT molecular complexity index is 1060. The summed E-state index contributed by atoms with van der Waals surface area (Å²) >= 11 is 0. The van der Waals surface area contributed by atoms with E-state index in [1.54, 1.807) is 0 Å². The number of aryl methyl sites for hydroxylation is 1. The molecule has 0 bridgehead atoms. The van der Waals surface area contributed by atoms with Crippen LogP contribution in [0.5, 0.6) is 0 Å². The maximum Gasteiger partial charge on any atom is 0.246 e. The third-order valence-corrected chi connectivity index (χ3v) is 5.86. The molecular weight excluding hydrogens is 402 g/mol. The lowest BCUT2D eigenvalue weighted by molar-refractivity contribution is 0.0105. The number of hydrogen-bond acceptors (Lipinski definition) is 6. The molecule has 5 rings (SSSR count). The van der Waals surface area contributed by atoms with E-state index in [9.17, 15) is 8.78 Å². The quantitative estimate of drug-likeness (QED) is 0.677. The van der Waals surface area contributed by atoms with Crippen LogP contribution in [0.25, 0.3) is 5.69 Å². The Hall–Kier alpha value is -3.04. The monoisotopic (exact) mass is 426 g/mol. The Morgan fingerprint density at radius 2 is 1.74 bits per heavy atom. The van der Waals surface area contributed by atoms with Crippen LogP contribution in [0.2, 0.25) is 0 Å². The third-order valence-electron chi connectivity index (χ3n) is 5.86. The lowest BCUT2D eigenvalue weighted by Crippen LogP contribution is -2.61. The molecule has 162 valence electrons. The van der Waals surface area contributed by atoms with Gasteiger partial charge in [0.25, 0.3) is 0 Å². The summed E-state index contributed by atoms with van der Waals surface area (Å²) in [7, 11) is 0. The Balaban J connectivity index is 1.28. The Morgan fingerprint density at radius 3 is 2.48 bits per heavy atom. The molecule has 3 aromatic rings. The van der Waals surface area contributed by atoms with Gasteiger partial charge < -0.3 is 15.0 Å². The topological polar surface area (TPSA) is 58.5 Å². The van der Waals surface area contributed by atoms with Gasteiger partial charge in [-0.05, 0) is 36.8 Å². The van der Waals surface area contributed by atoms with Crippen molar-refractivity contribution >= 4 is 17.3 Å². The standard InChI is InChI=1S/C22H24F2N6O/c1-15-2-3-18(29-12-20(13-29)28-4-6-31-7-5-28)11-21(15)26-22-25-14-30(27-22)19-9-16(23)8-17(24)10-19/h2-3,8-11,14,20H,4-7,12-13H2,1H3,(H,26,27). The summed E-state index contributed by atoms with van der Waals surface area (Å²) in [5.74, 6) is -0.957. The maximum absolute atomic E-state index is 13.5. The fourth-order valence-electron chi connectivity index (χ4n) is 4.02. The van der Waals surface area contributed by atoms with E-state index in [0.29, 0.717) is 12.0 Å². The van der Waals surface area contributed by atoms with Gasteiger partial charge >= 0.3 is 0 Å². The molecule has 0 unspecified atom stereocenters. The lowest BCUT2D eigenvalue weighted by Gasteiger charge is -2.47. The summed E-state index contributed by atoms with van der Waals surface area (Å²) in [6.07, 6.45) is 1.43. The van der Waals surface area contributed by atoms with Gasteiger partial charge in [-0.1, -0.05) is 6.07 Å². The second-order valence-corrected chi connectivity index (χ2v) is 7.97. The summed E-state index contributed by atoms with van der Waals surface area (Å²) in [4.78, 5) is 9.09. The minimum Gasteiger partial charge on any atom is -0.379 e. The van der Waals surface area contributed by atoms with Crippen molar-refractivity contribution in [3.05, 3.63) is 59.9 Å². The zero-order valence-corrected chi connectivity index (χ0v) is 17.3. The smallest absolute Gasteiger partial charge is 0.246 e. The number of morpholine rings is 1. The highest BCUT2D eigenvalue weighted by atomic mass is 19.1. The van der Waals surface area contributed by atoms with Crippen LogP contribution in [-0.4, -0.2) is 65.1 Å². The van der Waals surface area contributed by atoms with Crippen molar-refractivity contribution in [1.82, 2.24) is 19.7 Å². The molecule has 2 fully saturated rings. The van der Waals surface area contributed by atoms with Crippen LogP contribution in [0.15, 0.2) is 42.7 Å². The van der Waals surface area contributed by atoms with Gasteiger partial charge in [0.05, 0.1) is 18.9 Å². The molecule has 7 nitrogen and oxygen atoms in total. The van der Waals surface area contributed by atoms with Crippen LogP contribution in [0.3, 0.4) is 0 Å². The Kier molecular flexibility index (Phi) is 5.29. The summed E-state index contributed by atoms with van der Waals surface area (Å²) in [5.41, 5.74) is 3.38. The second kappa shape index (κ2) is 8.24. The van der Waals surface area contributed by atoms with Gasteiger partial charge in [-0.25, -0.2) is 13.5 Å². The molecule has 0 aliphatic carbocycles. The number of hydrogen-bond donors (Lipinski definition) is 1. The number of benzene rings is 2. The van der Waals surface area contributed by atoms with E-state index in [-0.39, 0.29) is 5.69 Å². The summed E-state index contributed by atoms with van der Waals surface area (Å²) < 4.78 is 33.8. The second-order valence-electron chi connectivity index (χ2n) is 7.97. The van der Waals surface area contributed by atoms with Gasteiger partial charge in [0.2, 0.25) is 5.95 Å². The molecule has 0 radical (unpaired) electrons. The number of ether oxygens (including phenoxy) is 1. The van der Waals surface area contributed by atoms with Gasteiger partial charge in [0.15, 0.2) is 0 Å². The molecule has 1 N–H and O–H groups in total. The normalized spacial score (nSPS) is 17.6. The van der Waals surface area contributed by atoms with Gasteiger partial charge in [-0.3, -0.25) is 4.90 Å². The summed E-state index contributed by atoms with van der Waals surface area (Å²) in [5, 5.41) is 7.54. The van der Waals surface area contributed by atoms with Crippen molar-refractivity contribution in [2.24, 2.45) is 0 Å². The fraction of sp³-hybridized carbons (Fsp3) is 0.364. The first-order valence-corrected chi connectivity index (χ1v) is 10.4. The maximum atomic E-state index is 13.5. The highest BCUT2D eigenvalue weighted by molar-refractivity contribution is 5.66. The summed E-state index contributed by atoms with van der Waals surface area (Å²) in [6, 6.07) is 10.1. The first-order valence-electron chi connectivity index (χ1n) is 10.4. The fourth-order valence-corrected chi connectivity index (χ4v) is 4.02. The molecular formula is C22H24F2N6O. The minimum atomic E-state index is -0.659. The van der Waals surface area contributed by atoms with E-state index < -0.39 is 11.6 Å². The van der Waals surface area contributed by atoms with E-state index in [2.05, 4.69) is 43.4 Å². The van der Waals surface area contributed by atoms with Gasteiger partial charge in [-0.15, -0.1) is 5.10 Å². The number of halogens is 2. The van der Waals surface area contributed by atoms with E-state index in [4.69, 9.17) is 4.74 Å². The molecule has 2 saturated heterocycles. The molecule has 9 heteroatoms. The third kappa shape index (κ3) is 4.24. The van der Waals surface area contributed by atoms with Crippen LogP contribution in [0.4, 0.5) is 26.1 Å². The zero-order valence-electron chi connectivity index (χ0n) is 17.3. The molecule has 0 atom stereocenters. The Labute approximate surface area is 179 Å². The van der Waals surface area contributed by atoms with Crippen molar-refractivity contribution in [1.29, 1.82) is 0 Å². The lowest BCUT2D eigenvalue weighted by atomic mass is 10.0. The van der Waals surface area contributed by atoms with Crippen molar-refractivity contribution < 1.29 is 13.5 Å².